The lowest BCUT2D eigenvalue weighted by Gasteiger charge is -2.65. The number of hydrogen-bond acceptors (Lipinski definition) is 17. The zero-order valence-corrected chi connectivity index (χ0v) is 57.2. The molecule has 3 heterocycles. The summed E-state index contributed by atoms with van der Waals surface area (Å²) in [6, 6.07) is 20.1. The van der Waals surface area contributed by atoms with E-state index in [4.69, 9.17) is 9.47 Å². The number of fused-ring (bicyclic) bond motifs is 4. The third-order valence-corrected chi connectivity index (χ3v) is 32.8. The predicted molar refractivity (Wildman–Crippen MR) is 367 cm³/mol. The van der Waals surface area contributed by atoms with Gasteiger partial charge in [0.2, 0.25) is 6.29 Å². The molecule has 0 radical (unpaired) electrons. The summed E-state index contributed by atoms with van der Waals surface area (Å²) >= 11 is 0. The van der Waals surface area contributed by atoms with Crippen LogP contribution in [0, 0.1) is 85.8 Å². The SMILES string of the molecule is O=C[C@@H]1C[C@]2(CC[C@@]3(C[C@H](Cc4cccc(O)c4)CC34CCCC4)C2)C[C@@]12C[C@@H]1C[C@H]3C[C@H]4C[C@]5(CO)O[C@H]6Oc7cccc8c7C(=O)[C@@]7(C(O)=CC(Cc9cccc(CO)c9)=C[C@@H]7C8=O)[C@H]([C@@H]7CC[C@H]8CCCC[C@@]8(O)C7)SSCNC7=CC(=C3CN7)[C@@]1(C2)[C@H]4[C@](O)([C@@H]5O)[C@H]6O. The molecule has 10 bridgehead atoms. The molecule has 17 heteroatoms. The quantitative estimate of drug-likeness (QED) is 0.0743. The van der Waals surface area contributed by atoms with Gasteiger partial charge in [0.15, 0.2) is 11.6 Å². The van der Waals surface area contributed by atoms with E-state index in [1.807, 2.05) is 42.5 Å². The Morgan fingerprint density at radius 2 is 1.55 bits per heavy atom. The van der Waals surface area contributed by atoms with Crippen molar-refractivity contribution in [2.45, 2.75) is 208 Å². The number of allylic oxidation sites excluding steroid dienone is 6. The molecule has 97 heavy (non-hydrogen) atoms. The molecule has 13 aliphatic carbocycles. The molecule has 0 aromatic heterocycles. The largest absolute Gasteiger partial charge is 0.511 e. The maximum absolute atomic E-state index is 17.0. The third kappa shape index (κ3) is 9.14. The first-order valence-corrected chi connectivity index (χ1v) is 39.4. The van der Waals surface area contributed by atoms with Crippen molar-refractivity contribution in [1.82, 2.24) is 10.6 Å². The Morgan fingerprint density at radius 3 is 2.37 bits per heavy atom. The van der Waals surface area contributed by atoms with Crippen LogP contribution < -0.4 is 15.4 Å². The van der Waals surface area contributed by atoms with Gasteiger partial charge in [0.25, 0.3) is 0 Å². The second kappa shape index (κ2) is 22.8. The number of Topliss-reactive ketones (excluding diaryl/α,β-unsaturated/α-hetero) is 2. The normalized spacial score (nSPS) is 44.9. The number of ether oxygens (including phenoxy) is 2. The smallest absolute Gasteiger partial charge is 0.229 e. The molecule has 0 unspecified atom stereocenters. The topological polar surface area (TPSA) is 256 Å². The first-order valence-electron chi connectivity index (χ1n) is 37.0. The highest BCUT2D eigenvalue weighted by molar-refractivity contribution is 8.77. The number of aldehydes is 1. The number of aromatic hydroxyl groups is 1. The third-order valence-electron chi connectivity index (χ3n) is 30.0. The summed E-state index contributed by atoms with van der Waals surface area (Å²) in [5.41, 5.74) is -2.41. The minimum atomic E-state index is -2.39. The number of phenols is 1. The van der Waals surface area contributed by atoms with Gasteiger partial charge in [-0.3, -0.25) is 9.59 Å². The number of hydrogen-bond donors (Lipinski definition) is 10. The maximum atomic E-state index is 17.0. The maximum Gasteiger partial charge on any atom is 0.229 e. The molecule has 3 aliphatic heterocycles. The van der Waals surface area contributed by atoms with E-state index in [0.717, 1.165) is 100 Å². The van der Waals surface area contributed by atoms with Crippen molar-refractivity contribution in [3.05, 3.63) is 141 Å². The van der Waals surface area contributed by atoms with Gasteiger partial charge in [-0.1, -0.05) is 102 Å². The van der Waals surface area contributed by atoms with E-state index in [0.29, 0.717) is 73.8 Å². The van der Waals surface area contributed by atoms with Crippen LogP contribution in [-0.4, -0.2) is 118 Å². The summed E-state index contributed by atoms with van der Waals surface area (Å²) in [4.78, 5) is 47.5. The van der Waals surface area contributed by atoms with Crippen LogP contribution in [0.25, 0.3) is 0 Å². The molecule has 1 saturated heterocycles. The van der Waals surface area contributed by atoms with Gasteiger partial charge in [-0.2, -0.15) is 0 Å². The minimum Gasteiger partial charge on any atom is -0.511 e. The number of dihydropyridines is 1. The number of nitrogens with one attached hydrogen (secondary N) is 2. The van der Waals surface area contributed by atoms with Crippen LogP contribution in [0.15, 0.2) is 113 Å². The fourth-order valence-electron chi connectivity index (χ4n) is 26.8. The number of carbonyl (C=O) groups excluding carboxylic acids is 3. The van der Waals surface area contributed by atoms with Gasteiger partial charge in [0, 0.05) is 34.6 Å². The number of carbonyl (C=O) groups is 3. The van der Waals surface area contributed by atoms with E-state index in [1.54, 1.807) is 30.3 Å². The first kappa shape index (κ1) is 64.2. The minimum absolute atomic E-state index is 0.0443. The highest BCUT2D eigenvalue weighted by Crippen LogP contribution is 2.82. The van der Waals surface area contributed by atoms with Crippen molar-refractivity contribution in [1.29, 1.82) is 0 Å². The summed E-state index contributed by atoms with van der Waals surface area (Å²) in [6.45, 7) is -0.359. The van der Waals surface area contributed by atoms with E-state index in [-0.39, 0.29) is 87.4 Å². The molecule has 9 saturated carbocycles. The molecule has 3 aromatic carbocycles. The standard InChI is InChI=1S/C80H96N2O13S2/c83-38-47-10-5-8-45(22-47)23-48-26-60-65(88)57-13-7-14-61-64(57)67(89)79(60,62(87)27-48)69(50-15-16-53-11-1-2-19-76(53,92)33-50)97-96-44-82-63-30-59-58(37-81-63)51-28-52-34-77(43-85)71(91)80(93,68(90)70(94-61)95-77)66(52)78(59)42-73(36-54(78)29-51)40-72(35-55(73)39-84)20-21-75(41-72)32-49(31-74(75)17-3-4-18-74)24-46-9-6-12-56(86)25-46/h5-10,12-14,22,25-27,30,39,49-55,60,66,68-71,81-83,85-87,90-93H,1-4,11,15-21,23-24,28-29,31-38,40-44H2/t49-,50-,51-,52+,53-,54+,55+,60-,66+,68+,69+,70-,71-,72-,73-,75-,76-,77-,78+,79-,80-/m1/s1. The lowest BCUT2D eigenvalue weighted by atomic mass is 9.46. The van der Waals surface area contributed by atoms with E-state index in [9.17, 15) is 45.6 Å². The molecule has 15 nitrogen and oxygen atoms in total. The Balaban J connectivity index is 0.758. The van der Waals surface area contributed by atoms with Crippen LogP contribution in [0.3, 0.4) is 0 Å². The molecule has 3 aromatic rings. The Labute approximate surface area is 576 Å². The summed E-state index contributed by atoms with van der Waals surface area (Å²) in [7, 11) is 3.01. The molecule has 19 rings (SSSR count). The van der Waals surface area contributed by atoms with Gasteiger partial charge < -0.3 is 65.8 Å². The average Bonchev–Trinajstić information content (AvgIpc) is 1.53. The molecule has 16 aliphatic rings. The van der Waals surface area contributed by atoms with Gasteiger partial charge in [-0.15, -0.1) is 0 Å². The van der Waals surface area contributed by atoms with E-state index in [2.05, 4.69) is 22.8 Å². The number of ketones is 2. The zero-order chi connectivity index (χ0) is 66.4. The van der Waals surface area contributed by atoms with Crippen molar-refractivity contribution in [3.8, 4) is 11.5 Å². The summed E-state index contributed by atoms with van der Waals surface area (Å²) in [5.74, 6) is -2.26. The Kier molecular flexibility index (Phi) is 15.1. The summed E-state index contributed by atoms with van der Waals surface area (Å²) < 4.78 is 14.0. The number of aliphatic hydroxyl groups is 7. The Hall–Kier alpha value is -4.95. The molecule has 21 atom stereocenters. The van der Waals surface area contributed by atoms with Crippen LogP contribution >= 0.6 is 21.6 Å². The fraction of sp³-hybridized carbons (Fsp3) is 0.637. The van der Waals surface area contributed by atoms with Crippen LogP contribution in [0.1, 0.15) is 185 Å². The molecule has 10 N–H and O–H groups in total. The average molecular weight is 1360 g/mol. The Bertz CT molecular complexity index is 3900. The lowest BCUT2D eigenvalue weighted by Crippen LogP contribution is -2.81. The molecule has 10 fully saturated rings. The second-order valence-electron chi connectivity index (χ2n) is 34.4. The van der Waals surface area contributed by atoms with Crippen molar-refractivity contribution in [2.24, 2.45) is 85.8 Å². The van der Waals surface area contributed by atoms with Crippen LogP contribution in [0.2, 0.25) is 0 Å². The predicted octanol–water partition coefficient (Wildman–Crippen LogP) is 11.6. The van der Waals surface area contributed by atoms with E-state index < -0.39 is 86.8 Å². The van der Waals surface area contributed by atoms with E-state index in [1.165, 1.54) is 71.1 Å². The van der Waals surface area contributed by atoms with Crippen LogP contribution in [-0.2, 0) is 29.0 Å². The van der Waals surface area contributed by atoms with Gasteiger partial charge in [0.1, 0.15) is 52.4 Å². The highest BCUT2D eigenvalue weighted by Gasteiger charge is 2.80. The Morgan fingerprint density at radius 1 is 0.742 bits per heavy atom. The van der Waals surface area contributed by atoms with Crippen molar-refractivity contribution in [3.63, 3.8) is 0 Å². The fourth-order valence-corrected chi connectivity index (χ4v) is 29.9. The highest BCUT2D eigenvalue weighted by atomic mass is 33.1. The number of benzene rings is 3. The van der Waals surface area contributed by atoms with Gasteiger partial charge >= 0.3 is 0 Å². The second-order valence-corrected chi connectivity index (χ2v) is 36.9. The van der Waals surface area contributed by atoms with Crippen molar-refractivity contribution in [2.75, 3.05) is 19.0 Å². The van der Waals surface area contributed by atoms with Crippen molar-refractivity contribution >= 4 is 39.4 Å². The molecule has 516 valence electrons. The number of aliphatic hydroxyl groups excluding tert-OH is 5. The van der Waals surface area contributed by atoms with E-state index >= 15 is 9.59 Å². The summed E-state index contributed by atoms with van der Waals surface area (Å²) in [5, 5.41) is 107. The van der Waals surface area contributed by atoms with Crippen LogP contribution in [0.5, 0.6) is 11.5 Å². The lowest BCUT2D eigenvalue weighted by molar-refractivity contribution is -0.392. The molecular weight excluding hydrogens is 1260 g/mol. The monoisotopic (exact) mass is 1360 g/mol. The molecule has 6 spiro atoms. The molecular formula is C80H96N2O13S2. The van der Waals surface area contributed by atoms with Gasteiger partial charge in [-0.25, -0.2) is 0 Å². The zero-order valence-electron chi connectivity index (χ0n) is 55.6. The van der Waals surface area contributed by atoms with Crippen molar-refractivity contribution < 1.29 is 64.7 Å². The van der Waals surface area contributed by atoms with Gasteiger partial charge in [0.05, 0.1) is 42.0 Å². The van der Waals surface area contributed by atoms with Crippen LogP contribution in [0.4, 0.5) is 0 Å². The summed E-state index contributed by atoms with van der Waals surface area (Å²) in [6.07, 6.45) is 23.2. The van der Waals surface area contributed by atoms with Gasteiger partial charge in [-0.05, 0) is 256 Å². The number of rotatable bonds is 8. The molecule has 0 amide bonds. The number of phenolic OH excluding ortho intramolecular Hbond substituents is 1. The first-order chi connectivity index (χ1) is 46.8.